The topological polar surface area (TPSA) is 58.6 Å². The van der Waals surface area contributed by atoms with Crippen LogP contribution in [0.25, 0.3) is 0 Å². The maximum Gasteiger partial charge on any atom is 0.261 e. The fourth-order valence-corrected chi connectivity index (χ4v) is 2.89. The standard InChI is InChI=1S/C23H29ClN2O3/c1-16(2)13-25-23(28)18(4)26(14-19-8-6-5-7-17(19)3)22(27)15-29-21-11-9-20(24)10-12-21/h5-12,16,18H,13-15H2,1-4H3,(H,25,28)/t18-/m1/s1. The molecule has 29 heavy (non-hydrogen) atoms. The molecular weight excluding hydrogens is 388 g/mol. The van der Waals surface area contributed by atoms with Crippen molar-refractivity contribution in [1.29, 1.82) is 0 Å². The Balaban J connectivity index is 2.13. The molecule has 0 aliphatic rings. The van der Waals surface area contributed by atoms with Gasteiger partial charge in [-0.3, -0.25) is 9.59 Å². The number of benzene rings is 2. The SMILES string of the molecule is Cc1ccccc1CN(C(=O)COc1ccc(Cl)cc1)[C@H](C)C(=O)NCC(C)C. The van der Waals surface area contributed by atoms with E-state index >= 15 is 0 Å². The number of aryl methyl sites for hydroxylation is 1. The van der Waals surface area contributed by atoms with Gasteiger partial charge in [0, 0.05) is 18.1 Å². The molecule has 2 aromatic carbocycles. The van der Waals surface area contributed by atoms with Crippen LogP contribution in [0.4, 0.5) is 0 Å². The van der Waals surface area contributed by atoms with Crippen LogP contribution in [0.2, 0.25) is 5.02 Å². The predicted octanol–water partition coefficient (Wildman–Crippen LogP) is 4.22. The van der Waals surface area contributed by atoms with Gasteiger partial charge in [-0.2, -0.15) is 0 Å². The van der Waals surface area contributed by atoms with Crippen LogP contribution < -0.4 is 10.1 Å². The normalized spacial score (nSPS) is 11.8. The van der Waals surface area contributed by atoms with Crippen molar-refractivity contribution in [2.45, 2.75) is 40.3 Å². The van der Waals surface area contributed by atoms with Crippen molar-refractivity contribution < 1.29 is 14.3 Å². The van der Waals surface area contributed by atoms with Crippen molar-refractivity contribution in [3.63, 3.8) is 0 Å². The molecule has 2 aromatic rings. The van der Waals surface area contributed by atoms with E-state index in [0.717, 1.165) is 11.1 Å². The van der Waals surface area contributed by atoms with E-state index in [1.807, 2.05) is 45.0 Å². The fraction of sp³-hybridized carbons (Fsp3) is 0.391. The summed E-state index contributed by atoms with van der Waals surface area (Å²) >= 11 is 5.88. The molecule has 0 unspecified atom stereocenters. The number of rotatable bonds is 9. The van der Waals surface area contributed by atoms with Crippen LogP contribution in [-0.2, 0) is 16.1 Å². The highest BCUT2D eigenvalue weighted by Gasteiger charge is 2.26. The van der Waals surface area contributed by atoms with Gasteiger partial charge in [-0.05, 0) is 55.2 Å². The minimum absolute atomic E-state index is 0.157. The zero-order valence-corrected chi connectivity index (χ0v) is 18.2. The third-order valence-corrected chi connectivity index (χ3v) is 4.88. The van der Waals surface area contributed by atoms with Gasteiger partial charge in [-0.1, -0.05) is 49.7 Å². The van der Waals surface area contributed by atoms with Crippen molar-refractivity contribution in [3.05, 3.63) is 64.7 Å². The average molecular weight is 417 g/mol. The van der Waals surface area contributed by atoms with Gasteiger partial charge in [0.15, 0.2) is 6.61 Å². The van der Waals surface area contributed by atoms with Gasteiger partial charge in [-0.15, -0.1) is 0 Å². The number of hydrogen-bond donors (Lipinski definition) is 1. The Morgan fingerprint density at radius 1 is 1.07 bits per heavy atom. The minimum Gasteiger partial charge on any atom is -0.484 e. The predicted molar refractivity (Wildman–Crippen MR) is 116 cm³/mol. The van der Waals surface area contributed by atoms with E-state index in [2.05, 4.69) is 5.32 Å². The second kappa shape index (κ2) is 10.9. The summed E-state index contributed by atoms with van der Waals surface area (Å²) in [5.41, 5.74) is 2.06. The van der Waals surface area contributed by atoms with E-state index in [0.29, 0.717) is 29.8 Å². The average Bonchev–Trinajstić information content (AvgIpc) is 2.70. The van der Waals surface area contributed by atoms with Crippen LogP contribution in [0.5, 0.6) is 5.75 Å². The fourth-order valence-electron chi connectivity index (χ4n) is 2.76. The molecule has 5 nitrogen and oxygen atoms in total. The van der Waals surface area contributed by atoms with Gasteiger partial charge in [-0.25, -0.2) is 0 Å². The van der Waals surface area contributed by atoms with E-state index in [1.54, 1.807) is 36.1 Å². The second-order valence-electron chi connectivity index (χ2n) is 7.51. The van der Waals surface area contributed by atoms with Crippen LogP contribution in [0, 0.1) is 12.8 Å². The molecule has 0 heterocycles. The van der Waals surface area contributed by atoms with Crippen LogP contribution in [0.3, 0.4) is 0 Å². The Labute approximate surface area is 178 Å². The first kappa shape index (κ1) is 22.8. The van der Waals surface area contributed by atoms with Gasteiger partial charge in [0.2, 0.25) is 5.91 Å². The molecule has 0 saturated heterocycles. The second-order valence-corrected chi connectivity index (χ2v) is 7.94. The molecule has 0 aliphatic carbocycles. The highest BCUT2D eigenvalue weighted by molar-refractivity contribution is 6.30. The Morgan fingerprint density at radius 2 is 1.72 bits per heavy atom. The van der Waals surface area contributed by atoms with Crippen LogP contribution in [-0.4, -0.2) is 35.9 Å². The summed E-state index contributed by atoms with van der Waals surface area (Å²) < 4.78 is 5.62. The lowest BCUT2D eigenvalue weighted by Crippen LogP contribution is -2.49. The zero-order chi connectivity index (χ0) is 21.4. The lowest BCUT2D eigenvalue weighted by Gasteiger charge is -2.29. The highest BCUT2D eigenvalue weighted by atomic mass is 35.5. The molecule has 0 fully saturated rings. The third kappa shape index (κ3) is 7.09. The molecule has 2 rings (SSSR count). The first-order chi connectivity index (χ1) is 13.8. The molecule has 0 aliphatic heterocycles. The molecule has 0 bridgehead atoms. The monoisotopic (exact) mass is 416 g/mol. The summed E-state index contributed by atoms with van der Waals surface area (Å²) in [6, 6.07) is 14.0. The number of carbonyl (C=O) groups is 2. The number of nitrogens with zero attached hydrogens (tertiary/aromatic N) is 1. The van der Waals surface area contributed by atoms with Crippen LogP contribution in [0.1, 0.15) is 31.9 Å². The van der Waals surface area contributed by atoms with E-state index in [9.17, 15) is 9.59 Å². The Kier molecular flexibility index (Phi) is 8.52. The first-order valence-electron chi connectivity index (χ1n) is 9.78. The number of amides is 2. The molecule has 156 valence electrons. The van der Waals surface area contributed by atoms with Gasteiger partial charge in [0.1, 0.15) is 11.8 Å². The van der Waals surface area contributed by atoms with Crippen LogP contribution >= 0.6 is 11.6 Å². The summed E-state index contributed by atoms with van der Waals surface area (Å²) in [5, 5.41) is 3.51. The van der Waals surface area contributed by atoms with Crippen molar-refractivity contribution in [1.82, 2.24) is 10.2 Å². The maximum atomic E-state index is 13.0. The number of carbonyl (C=O) groups excluding carboxylic acids is 2. The minimum atomic E-state index is -0.616. The van der Waals surface area contributed by atoms with Gasteiger partial charge >= 0.3 is 0 Å². The summed E-state index contributed by atoms with van der Waals surface area (Å²) in [7, 11) is 0. The Bertz CT molecular complexity index is 821. The van der Waals surface area contributed by atoms with Crippen molar-refractivity contribution in [3.8, 4) is 5.75 Å². The zero-order valence-electron chi connectivity index (χ0n) is 17.4. The van der Waals surface area contributed by atoms with Gasteiger partial charge in [0.05, 0.1) is 0 Å². The van der Waals surface area contributed by atoms with E-state index in [1.165, 1.54) is 0 Å². The van der Waals surface area contributed by atoms with Gasteiger partial charge in [0.25, 0.3) is 5.91 Å². The molecule has 1 atom stereocenters. The largest absolute Gasteiger partial charge is 0.484 e. The van der Waals surface area contributed by atoms with Gasteiger partial charge < -0.3 is 15.0 Å². The quantitative estimate of drug-likeness (QED) is 0.665. The molecule has 0 spiro atoms. The van der Waals surface area contributed by atoms with Crippen LogP contribution in [0.15, 0.2) is 48.5 Å². The summed E-state index contributed by atoms with van der Waals surface area (Å²) in [4.78, 5) is 27.2. The third-order valence-electron chi connectivity index (χ3n) is 4.63. The highest BCUT2D eigenvalue weighted by Crippen LogP contribution is 2.17. The number of hydrogen-bond acceptors (Lipinski definition) is 3. The number of halogens is 1. The van der Waals surface area contributed by atoms with Crippen molar-refractivity contribution >= 4 is 23.4 Å². The first-order valence-corrected chi connectivity index (χ1v) is 10.2. The summed E-state index contributed by atoms with van der Waals surface area (Å²) in [6.07, 6.45) is 0. The summed E-state index contributed by atoms with van der Waals surface area (Å²) in [6.45, 7) is 8.54. The molecule has 6 heteroatoms. The molecule has 2 amide bonds. The maximum absolute atomic E-state index is 13.0. The number of ether oxygens (including phenoxy) is 1. The Hall–Kier alpha value is -2.53. The Morgan fingerprint density at radius 3 is 2.34 bits per heavy atom. The van der Waals surface area contributed by atoms with E-state index < -0.39 is 6.04 Å². The molecule has 0 saturated carbocycles. The lowest BCUT2D eigenvalue weighted by atomic mass is 10.1. The van der Waals surface area contributed by atoms with E-state index in [-0.39, 0.29) is 18.4 Å². The smallest absolute Gasteiger partial charge is 0.261 e. The molecule has 1 N–H and O–H groups in total. The van der Waals surface area contributed by atoms with Crippen molar-refractivity contribution in [2.75, 3.05) is 13.2 Å². The lowest BCUT2D eigenvalue weighted by molar-refractivity contribution is -0.142. The molecule has 0 aromatic heterocycles. The number of nitrogens with one attached hydrogen (secondary N) is 1. The molecule has 0 radical (unpaired) electrons. The van der Waals surface area contributed by atoms with E-state index in [4.69, 9.17) is 16.3 Å². The molecular formula is C23H29ClN2O3. The van der Waals surface area contributed by atoms with Crippen molar-refractivity contribution in [2.24, 2.45) is 5.92 Å². The summed E-state index contributed by atoms with van der Waals surface area (Å²) in [5.74, 6) is 0.456.